The zero-order valence-corrected chi connectivity index (χ0v) is 9.47. The van der Waals surface area contributed by atoms with Crippen molar-refractivity contribution in [3.63, 3.8) is 0 Å². The number of aliphatic hydroxyl groups excluding tert-OH is 1. The second-order valence-electron chi connectivity index (χ2n) is 4.14. The average molecular weight is 245 g/mol. The minimum absolute atomic E-state index is 0.00536. The first-order valence-corrected chi connectivity index (χ1v) is 5.62. The fraction of sp³-hybridized carbons (Fsp3) is 0.455. The summed E-state index contributed by atoms with van der Waals surface area (Å²) in [5.41, 5.74) is 6.53. The summed E-state index contributed by atoms with van der Waals surface area (Å²) < 4.78 is 13.2. The van der Waals surface area contributed by atoms with E-state index in [1.165, 1.54) is 12.1 Å². The number of rotatable bonds is 4. The van der Waals surface area contributed by atoms with Gasteiger partial charge in [-0.05, 0) is 24.8 Å². The number of nitrogens with one attached hydrogen (secondary N) is 1. The van der Waals surface area contributed by atoms with Crippen molar-refractivity contribution in [3.8, 4) is 0 Å². The molecular formula is C11H14ClFN2O. The molecule has 88 valence electrons. The van der Waals surface area contributed by atoms with Crippen molar-refractivity contribution in [2.45, 2.75) is 18.9 Å². The van der Waals surface area contributed by atoms with Gasteiger partial charge in [0.1, 0.15) is 5.82 Å². The minimum Gasteiger partial charge on any atom is -0.397 e. The lowest BCUT2D eigenvalue weighted by Gasteiger charge is -2.13. The molecule has 1 aromatic carbocycles. The predicted octanol–water partition coefficient (Wildman–Crippen LogP) is 2.24. The van der Waals surface area contributed by atoms with Crippen LogP contribution in [0.2, 0.25) is 5.02 Å². The lowest BCUT2D eigenvalue weighted by Crippen LogP contribution is -2.21. The Morgan fingerprint density at radius 2 is 2.25 bits per heavy atom. The highest BCUT2D eigenvalue weighted by Gasteiger charge is 2.29. The van der Waals surface area contributed by atoms with Crippen molar-refractivity contribution in [1.82, 2.24) is 0 Å². The van der Waals surface area contributed by atoms with E-state index in [1.807, 2.05) is 0 Å². The van der Waals surface area contributed by atoms with Crippen LogP contribution in [0, 0.1) is 11.7 Å². The summed E-state index contributed by atoms with van der Waals surface area (Å²) in [6.45, 7) is 0.385. The summed E-state index contributed by atoms with van der Waals surface area (Å²) in [6.07, 6.45) is 1.73. The Labute approximate surface area is 98.4 Å². The third-order valence-electron chi connectivity index (χ3n) is 2.76. The van der Waals surface area contributed by atoms with E-state index in [0.29, 0.717) is 23.8 Å². The molecule has 0 bridgehead atoms. The second kappa shape index (κ2) is 4.47. The Kier molecular flexibility index (Phi) is 3.21. The Bertz CT molecular complexity index is 396. The highest BCUT2D eigenvalue weighted by molar-refractivity contribution is 6.31. The molecule has 0 spiro atoms. The highest BCUT2D eigenvalue weighted by atomic mass is 35.5. The molecule has 1 saturated carbocycles. The van der Waals surface area contributed by atoms with Gasteiger partial charge in [0.05, 0.1) is 22.5 Å². The van der Waals surface area contributed by atoms with Crippen molar-refractivity contribution >= 4 is 23.0 Å². The lowest BCUT2D eigenvalue weighted by atomic mass is 10.2. The van der Waals surface area contributed by atoms with Gasteiger partial charge in [-0.15, -0.1) is 0 Å². The third-order valence-corrected chi connectivity index (χ3v) is 3.05. The van der Waals surface area contributed by atoms with Crippen LogP contribution in [0.5, 0.6) is 0 Å². The number of nitrogen functional groups attached to an aromatic ring is 1. The van der Waals surface area contributed by atoms with Crippen molar-refractivity contribution in [2.75, 3.05) is 17.6 Å². The molecular weight excluding hydrogens is 231 g/mol. The number of benzene rings is 1. The average Bonchev–Trinajstić information content (AvgIpc) is 3.04. The van der Waals surface area contributed by atoms with E-state index in [-0.39, 0.29) is 5.02 Å². The first kappa shape index (κ1) is 11.5. The van der Waals surface area contributed by atoms with Crippen molar-refractivity contribution < 1.29 is 9.50 Å². The van der Waals surface area contributed by atoms with Crippen LogP contribution < -0.4 is 11.1 Å². The summed E-state index contributed by atoms with van der Waals surface area (Å²) in [4.78, 5) is 0. The number of aliphatic hydroxyl groups is 1. The van der Waals surface area contributed by atoms with Gasteiger partial charge in [0.2, 0.25) is 0 Å². The molecule has 0 saturated heterocycles. The first-order valence-electron chi connectivity index (χ1n) is 5.24. The van der Waals surface area contributed by atoms with Crippen LogP contribution in [0.1, 0.15) is 12.8 Å². The number of nitrogens with two attached hydrogens (primary N) is 1. The Morgan fingerprint density at radius 3 is 2.88 bits per heavy atom. The SMILES string of the molecule is Nc1cc(Cl)c(F)cc1NCC(O)C1CC1. The number of anilines is 2. The molecule has 0 aliphatic heterocycles. The molecule has 16 heavy (non-hydrogen) atoms. The van der Waals surface area contributed by atoms with Crippen LogP contribution in [0.25, 0.3) is 0 Å². The number of halogens is 2. The maximum Gasteiger partial charge on any atom is 0.143 e. The summed E-state index contributed by atoms with van der Waals surface area (Å²) in [5, 5.41) is 12.6. The summed E-state index contributed by atoms with van der Waals surface area (Å²) in [6, 6.07) is 2.61. The second-order valence-corrected chi connectivity index (χ2v) is 4.55. The van der Waals surface area contributed by atoms with Crippen molar-refractivity contribution in [1.29, 1.82) is 0 Å². The normalized spacial score (nSPS) is 17.2. The Morgan fingerprint density at radius 1 is 1.56 bits per heavy atom. The molecule has 3 nitrogen and oxygen atoms in total. The molecule has 1 aliphatic carbocycles. The van der Waals surface area contributed by atoms with E-state index in [9.17, 15) is 9.50 Å². The van der Waals surface area contributed by atoms with Gasteiger partial charge in [0, 0.05) is 12.6 Å². The molecule has 0 heterocycles. The monoisotopic (exact) mass is 244 g/mol. The fourth-order valence-corrected chi connectivity index (χ4v) is 1.75. The minimum atomic E-state index is -0.515. The molecule has 1 aliphatic rings. The van der Waals surface area contributed by atoms with E-state index in [0.717, 1.165) is 12.8 Å². The molecule has 0 aromatic heterocycles. The molecule has 0 radical (unpaired) electrons. The maximum absolute atomic E-state index is 13.2. The van der Waals surface area contributed by atoms with Crippen molar-refractivity contribution in [2.24, 2.45) is 5.92 Å². The summed E-state index contributed by atoms with van der Waals surface area (Å²) in [7, 11) is 0. The van der Waals surface area contributed by atoms with E-state index >= 15 is 0 Å². The summed E-state index contributed by atoms with van der Waals surface area (Å²) >= 11 is 5.58. The number of hydrogen-bond acceptors (Lipinski definition) is 3. The largest absolute Gasteiger partial charge is 0.397 e. The fourth-order valence-electron chi connectivity index (χ4n) is 1.58. The van der Waals surface area contributed by atoms with Gasteiger partial charge < -0.3 is 16.2 Å². The molecule has 0 amide bonds. The standard InChI is InChI=1S/C11H14ClFN2O/c12-7-3-9(14)10(4-8(7)13)15-5-11(16)6-1-2-6/h3-4,6,11,15-16H,1-2,5,14H2. The Hall–Kier alpha value is -1.00. The topological polar surface area (TPSA) is 58.3 Å². The quantitative estimate of drug-likeness (QED) is 0.712. The molecule has 1 unspecified atom stereocenters. The van der Waals surface area contributed by atoms with E-state index in [1.54, 1.807) is 0 Å². The third kappa shape index (κ3) is 2.57. The Balaban J connectivity index is 2.00. The molecule has 5 heteroatoms. The maximum atomic E-state index is 13.2. The first-order chi connectivity index (χ1) is 7.58. The zero-order chi connectivity index (χ0) is 11.7. The van der Waals surface area contributed by atoms with Gasteiger partial charge in [-0.2, -0.15) is 0 Å². The van der Waals surface area contributed by atoms with Gasteiger partial charge in [0.15, 0.2) is 0 Å². The van der Waals surface area contributed by atoms with Crippen molar-refractivity contribution in [3.05, 3.63) is 23.0 Å². The van der Waals surface area contributed by atoms with Crippen LogP contribution >= 0.6 is 11.6 Å². The molecule has 1 atom stereocenters. The predicted molar refractivity (Wildman–Crippen MR) is 63.0 cm³/mol. The lowest BCUT2D eigenvalue weighted by molar-refractivity contribution is 0.164. The smallest absolute Gasteiger partial charge is 0.143 e. The van der Waals surface area contributed by atoms with Gasteiger partial charge in [-0.1, -0.05) is 11.6 Å². The van der Waals surface area contributed by atoms with E-state index < -0.39 is 11.9 Å². The van der Waals surface area contributed by atoms with Gasteiger partial charge in [-0.25, -0.2) is 4.39 Å². The highest BCUT2D eigenvalue weighted by Crippen LogP contribution is 2.33. The van der Waals surface area contributed by atoms with E-state index in [2.05, 4.69) is 5.32 Å². The van der Waals surface area contributed by atoms with Gasteiger partial charge in [-0.3, -0.25) is 0 Å². The van der Waals surface area contributed by atoms with E-state index in [4.69, 9.17) is 17.3 Å². The van der Waals surface area contributed by atoms with Gasteiger partial charge >= 0.3 is 0 Å². The van der Waals surface area contributed by atoms with Crippen LogP contribution in [0.15, 0.2) is 12.1 Å². The zero-order valence-electron chi connectivity index (χ0n) is 8.71. The van der Waals surface area contributed by atoms with Crippen LogP contribution in [-0.4, -0.2) is 17.8 Å². The number of hydrogen-bond donors (Lipinski definition) is 3. The van der Waals surface area contributed by atoms with Crippen LogP contribution in [0.4, 0.5) is 15.8 Å². The molecule has 1 fully saturated rings. The molecule has 2 rings (SSSR count). The van der Waals surface area contributed by atoms with Crippen LogP contribution in [0.3, 0.4) is 0 Å². The summed E-state index contributed by atoms with van der Waals surface area (Å²) in [5.74, 6) is -0.134. The van der Waals surface area contributed by atoms with Gasteiger partial charge in [0.25, 0.3) is 0 Å². The van der Waals surface area contributed by atoms with Crippen LogP contribution in [-0.2, 0) is 0 Å². The molecule has 4 N–H and O–H groups in total. The molecule has 1 aromatic rings.